The molecule has 3 rings (SSSR count). The van der Waals surface area contributed by atoms with Crippen LogP contribution in [0.2, 0.25) is 5.28 Å². The molecule has 0 atom stereocenters. The molecule has 0 bridgehead atoms. The number of nitriles is 1. The van der Waals surface area contributed by atoms with Crippen molar-refractivity contribution < 1.29 is 0 Å². The summed E-state index contributed by atoms with van der Waals surface area (Å²) in [6, 6.07) is 12.6. The lowest BCUT2D eigenvalue weighted by Gasteiger charge is -2.41. The molecule has 0 unspecified atom stereocenters. The minimum atomic E-state index is -0.621. The maximum atomic E-state index is 10.0. The van der Waals surface area contributed by atoms with Gasteiger partial charge in [-0.15, -0.1) is 0 Å². The summed E-state index contributed by atoms with van der Waals surface area (Å²) >= 11 is 6.09. The Morgan fingerprint density at radius 3 is 2.52 bits per heavy atom. The van der Waals surface area contributed by atoms with Crippen LogP contribution in [0.25, 0.3) is 0 Å². The van der Waals surface area contributed by atoms with E-state index in [1.807, 2.05) is 35.2 Å². The molecule has 1 saturated carbocycles. The molecule has 1 aromatic heterocycles. The van der Waals surface area contributed by atoms with Gasteiger partial charge in [-0.2, -0.15) is 20.2 Å². The van der Waals surface area contributed by atoms with E-state index in [-0.39, 0.29) is 5.28 Å². The highest BCUT2D eigenvalue weighted by molar-refractivity contribution is 6.28. The predicted molar refractivity (Wildman–Crippen MR) is 98.4 cm³/mol. The quantitative estimate of drug-likeness (QED) is 0.877. The molecule has 1 aromatic carbocycles. The number of nitrogens with zero attached hydrogens (tertiary/aromatic N) is 5. The van der Waals surface area contributed by atoms with E-state index in [2.05, 4.69) is 26.3 Å². The molecular weight excluding hydrogens is 336 g/mol. The summed E-state index contributed by atoms with van der Waals surface area (Å²) in [4.78, 5) is 14.9. The Morgan fingerprint density at radius 1 is 1.16 bits per heavy atom. The molecule has 1 heterocycles. The topological polar surface area (TPSA) is 77.7 Å². The van der Waals surface area contributed by atoms with E-state index in [1.54, 1.807) is 7.05 Å². The lowest BCUT2D eigenvalue weighted by molar-refractivity contribution is 0.335. The van der Waals surface area contributed by atoms with Crippen molar-refractivity contribution in [3.05, 3.63) is 41.2 Å². The maximum Gasteiger partial charge on any atom is 0.233 e. The van der Waals surface area contributed by atoms with Gasteiger partial charge in [0.15, 0.2) is 0 Å². The second-order valence-corrected chi connectivity index (χ2v) is 6.59. The fraction of sp³-hybridized carbons (Fsp3) is 0.444. The van der Waals surface area contributed by atoms with Gasteiger partial charge in [0.2, 0.25) is 17.2 Å². The van der Waals surface area contributed by atoms with Crippen molar-refractivity contribution in [3.8, 4) is 6.07 Å². The second kappa shape index (κ2) is 7.66. The second-order valence-electron chi connectivity index (χ2n) is 6.25. The smallest absolute Gasteiger partial charge is 0.233 e. The minimum Gasteiger partial charge on any atom is -0.357 e. The van der Waals surface area contributed by atoms with E-state index >= 15 is 0 Å². The van der Waals surface area contributed by atoms with E-state index in [0.717, 1.165) is 37.7 Å². The largest absolute Gasteiger partial charge is 0.357 e. The number of hydrogen-bond acceptors (Lipinski definition) is 6. The van der Waals surface area contributed by atoms with Crippen LogP contribution < -0.4 is 10.2 Å². The SMILES string of the molecule is CNc1nc(Cl)nc(N(Cc2ccccc2)C2(C#N)CCCCC2)n1. The van der Waals surface area contributed by atoms with E-state index in [9.17, 15) is 5.26 Å². The monoisotopic (exact) mass is 356 g/mol. The third kappa shape index (κ3) is 3.83. The fourth-order valence-corrected chi connectivity index (χ4v) is 3.49. The highest BCUT2D eigenvalue weighted by Gasteiger charge is 2.40. The molecule has 0 aliphatic heterocycles. The van der Waals surface area contributed by atoms with Crippen LogP contribution in [0.3, 0.4) is 0 Å². The van der Waals surface area contributed by atoms with E-state index in [1.165, 1.54) is 0 Å². The number of nitrogens with one attached hydrogen (secondary N) is 1. The van der Waals surface area contributed by atoms with Crippen LogP contribution in [-0.4, -0.2) is 27.5 Å². The number of halogens is 1. The number of aromatic nitrogens is 3. The molecule has 0 saturated heterocycles. The Balaban J connectivity index is 2.05. The van der Waals surface area contributed by atoms with Gasteiger partial charge in [-0.1, -0.05) is 49.6 Å². The Bertz CT molecular complexity index is 752. The van der Waals surface area contributed by atoms with E-state index in [0.29, 0.717) is 18.4 Å². The van der Waals surface area contributed by atoms with Gasteiger partial charge in [0, 0.05) is 13.6 Å². The molecule has 1 aliphatic rings. The molecule has 0 amide bonds. The number of rotatable bonds is 5. The zero-order valence-corrected chi connectivity index (χ0v) is 15.0. The fourth-order valence-electron chi connectivity index (χ4n) is 3.33. The zero-order valence-electron chi connectivity index (χ0n) is 14.2. The minimum absolute atomic E-state index is 0.122. The summed E-state index contributed by atoms with van der Waals surface area (Å²) in [5.41, 5.74) is 0.481. The van der Waals surface area contributed by atoms with Crippen molar-refractivity contribution >= 4 is 23.5 Å². The average Bonchev–Trinajstić information content (AvgIpc) is 2.67. The predicted octanol–water partition coefficient (Wildman–Crippen LogP) is 3.80. The van der Waals surface area contributed by atoms with Crippen LogP contribution in [-0.2, 0) is 6.54 Å². The van der Waals surface area contributed by atoms with Crippen LogP contribution in [0.4, 0.5) is 11.9 Å². The van der Waals surface area contributed by atoms with E-state index < -0.39 is 5.54 Å². The standard InChI is InChI=1S/C18H21ClN6/c1-21-16-22-15(19)23-17(24-16)25(12-14-8-4-2-5-9-14)18(13-20)10-6-3-7-11-18/h2,4-5,8-9H,3,6-7,10-12H2,1H3,(H,21,22,23,24). The first-order valence-corrected chi connectivity index (χ1v) is 8.87. The molecular formula is C18H21ClN6. The lowest BCUT2D eigenvalue weighted by Crippen LogP contribution is -2.49. The Hall–Kier alpha value is -2.39. The molecule has 25 heavy (non-hydrogen) atoms. The highest BCUT2D eigenvalue weighted by Crippen LogP contribution is 2.36. The van der Waals surface area contributed by atoms with Crippen molar-refractivity contribution in [1.29, 1.82) is 5.26 Å². The summed E-state index contributed by atoms with van der Waals surface area (Å²) in [6.45, 7) is 0.553. The molecule has 0 spiro atoms. The molecule has 6 nitrogen and oxygen atoms in total. The Labute approximate surface area is 152 Å². The van der Waals surface area contributed by atoms with Crippen LogP contribution >= 0.6 is 11.6 Å². The van der Waals surface area contributed by atoms with Gasteiger partial charge >= 0.3 is 0 Å². The summed E-state index contributed by atoms with van der Waals surface area (Å²) in [5.74, 6) is 0.841. The Kier molecular flexibility index (Phi) is 5.34. The molecule has 2 aromatic rings. The average molecular weight is 357 g/mol. The van der Waals surface area contributed by atoms with Crippen LogP contribution in [0.15, 0.2) is 30.3 Å². The van der Waals surface area contributed by atoms with E-state index in [4.69, 9.17) is 11.6 Å². The van der Waals surface area contributed by atoms with Crippen LogP contribution in [0.1, 0.15) is 37.7 Å². The highest BCUT2D eigenvalue weighted by atomic mass is 35.5. The van der Waals surface area contributed by atoms with Crippen LogP contribution in [0, 0.1) is 11.3 Å². The first kappa shape index (κ1) is 17.4. The number of benzene rings is 1. The molecule has 1 aliphatic carbocycles. The van der Waals surface area contributed by atoms with Crippen molar-refractivity contribution in [3.63, 3.8) is 0 Å². The first-order chi connectivity index (χ1) is 12.2. The summed E-state index contributed by atoms with van der Waals surface area (Å²) in [5, 5.41) is 13.1. The van der Waals surface area contributed by atoms with Gasteiger partial charge in [-0.25, -0.2) is 0 Å². The van der Waals surface area contributed by atoms with Crippen molar-refractivity contribution in [1.82, 2.24) is 15.0 Å². The van der Waals surface area contributed by atoms with Gasteiger partial charge in [-0.05, 0) is 30.0 Å². The third-order valence-corrected chi connectivity index (χ3v) is 4.82. The van der Waals surface area contributed by atoms with Gasteiger partial charge in [0.05, 0.1) is 6.07 Å². The summed E-state index contributed by atoms with van der Waals surface area (Å²) in [7, 11) is 1.73. The van der Waals surface area contributed by atoms with Gasteiger partial charge < -0.3 is 10.2 Å². The molecule has 1 N–H and O–H groups in total. The Morgan fingerprint density at radius 2 is 1.88 bits per heavy atom. The summed E-state index contributed by atoms with van der Waals surface area (Å²) < 4.78 is 0. The summed E-state index contributed by atoms with van der Waals surface area (Å²) in [6.07, 6.45) is 4.80. The normalized spacial score (nSPS) is 16.0. The van der Waals surface area contributed by atoms with Gasteiger partial charge in [0.25, 0.3) is 0 Å². The lowest BCUT2D eigenvalue weighted by atomic mass is 9.81. The number of anilines is 2. The third-order valence-electron chi connectivity index (χ3n) is 4.65. The zero-order chi connectivity index (χ0) is 17.7. The molecule has 7 heteroatoms. The molecule has 1 fully saturated rings. The van der Waals surface area contributed by atoms with Gasteiger partial charge in [-0.3, -0.25) is 0 Å². The maximum absolute atomic E-state index is 10.0. The van der Waals surface area contributed by atoms with Crippen molar-refractivity contribution in [2.75, 3.05) is 17.3 Å². The first-order valence-electron chi connectivity index (χ1n) is 8.49. The molecule has 0 radical (unpaired) electrons. The van der Waals surface area contributed by atoms with Crippen LogP contribution in [0.5, 0.6) is 0 Å². The molecule has 130 valence electrons. The van der Waals surface area contributed by atoms with Crippen molar-refractivity contribution in [2.45, 2.75) is 44.2 Å². The number of hydrogen-bond donors (Lipinski definition) is 1. The van der Waals surface area contributed by atoms with Crippen molar-refractivity contribution in [2.24, 2.45) is 0 Å². The van der Waals surface area contributed by atoms with Gasteiger partial charge in [0.1, 0.15) is 5.54 Å².